The van der Waals surface area contributed by atoms with Gasteiger partial charge in [0.05, 0.1) is 5.52 Å². The zero-order valence-electron chi connectivity index (χ0n) is 17.4. The maximum atomic E-state index is 4.65. The summed E-state index contributed by atoms with van der Waals surface area (Å²) in [5.74, 6) is 0. The number of para-hydroxylation sites is 1. The van der Waals surface area contributed by atoms with Crippen molar-refractivity contribution in [2.45, 2.75) is 26.3 Å². The Hall–Kier alpha value is -3.17. The summed E-state index contributed by atoms with van der Waals surface area (Å²) in [6.45, 7) is 5.35. The Balaban J connectivity index is 1.29. The SMILES string of the molecule is Cc1cc(Nc2cccc(CCN3CCc4ccccc4C3)c2)c2ccccc2n1. The van der Waals surface area contributed by atoms with E-state index in [-0.39, 0.29) is 0 Å². The van der Waals surface area contributed by atoms with Crippen LogP contribution in [0, 0.1) is 6.92 Å². The average molecular weight is 394 g/mol. The first kappa shape index (κ1) is 18.8. The van der Waals surface area contributed by atoms with Gasteiger partial charge in [0.2, 0.25) is 0 Å². The molecule has 0 saturated heterocycles. The maximum absolute atomic E-state index is 4.65. The number of rotatable bonds is 5. The zero-order chi connectivity index (χ0) is 20.3. The minimum absolute atomic E-state index is 1.03. The molecule has 3 heteroatoms. The van der Waals surface area contributed by atoms with Gasteiger partial charge in [0.1, 0.15) is 0 Å². The van der Waals surface area contributed by atoms with Crippen molar-refractivity contribution >= 4 is 22.3 Å². The van der Waals surface area contributed by atoms with Gasteiger partial charge in [-0.15, -0.1) is 0 Å². The Morgan fingerprint density at radius 2 is 1.73 bits per heavy atom. The van der Waals surface area contributed by atoms with Gasteiger partial charge in [-0.25, -0.2) is 0 Å². The van der Waals surface area contributed by atoms with E-state index in [0.29, 0.717) is 0 Å². The predicted octanol–water partition coefficient (Wildman–Crippen LogP) is 5.89. The molecule has 0 spiro atoms. The number of fused-ring (bicyclic) bond motifs is 2. The van der Waals surface area contributed by atoms with Crippen molar-refractivity contribution in [2.24, 2.45) is 0 Å². The summed E-state index contributed by atoms with van der Waals surface area (Å²) in [5, 5.41) is 4.78. The molecular formula is C27H27N3. The van der Waals surface area contributed by atoms with E-state index >= 15 is 0 Å². The molecule has 0 unspecified atom stereocenters. The summed E-state index contributed by atoms with van der Waals surface area (Å²) in [4.78, 5) is 7.22. The van der Waals surface area contributed by atoms with Crippen LogP contribution in [0.4, 0.5) is 11.4 Å². The van der Waals surface area contributed by atoms with Crippen LogP contribution in [0.1, 0.15) is 22.4 Å². The molecule has 2 heterocycles. The molecule has 0 fully saturated rings. The monoisotopic (exact) mass is 393 g/mol. The van der Waals surface area contributed by atoms with Gasteiger partial charge in [0.15, 0.2) is 0 Å². The largest absolute Gasteiger partial charge is 0.355 e. The lowest BCUT2D eigenvalue weighted by Crippen LogP contribution is -2.32. The topological polar surface area (TPSA) is 28.2 Å². The summed E-state index contributed by atoms with van der Waals surface area (Å²) in [6.07, 6.45) is 2.22. The van der Waals surface area contributed by atoms with Crippen molar-refractivity contribution in [2.75, 3.05) is 18.4 Å². The standard InChI is InChI=1S/C27H27N3/c1-20-17-27(25-11-4-5-12-26(25)28-20)29-24-10-6-7-21(18-24)13-15-30-16-14-22-8-2-3-9-23(22)19-30/h2-12,17-18H,13-16,19H2,1H3,(H,28,29). The highest BCUT2D eigenvalue weighted by Gasteiger charge is 2.15. The van der Waals surface area contributed by atoms with E-state index in [1.54, 1.807) is 0 Å². The summed E-state index contributed by atoms with van der Waals surface area (Å²) in [6, 6.07) is 28.1. The Labute approximate surface area is 178 Å². The lowest BCUT2D eigenvalue weighted by atomic mass is 9.99. The van der Waals surface area contributed by atoms with Gasteiger partial charge in [-0.1, -0.05) is 54.6 Å². The van der Waals surface area contributed by atoms with E-state index in [1.807, 2.05) is 13.0 Å². The first-order valence-corrected chi connectivity index (χ1v) is 10.8. The van der Waals surface area contributed by atoms with Crippen LogP contribution in [-0.2, 0) is 19.4 Å². The lowest BCUT2D eigenvalue weighted by Gasteiger charge is -2.28. The molecule has 1 aromatic heterocycles. The number of nitrogens with one attached hydrogen (secondary N) is 1. The van der Waals surface area contributed by atoms with E-state index in [9.17, 15) is 0 Å². The molecule has 1 N–H and O–H groups in total. The fraction of sp³-hybridized carbons (Fsp3) is 0.222. The number of nitrogens with zero attached hydrogens (tertiary/aromatic N) is 2. The fourth-order valence-corrected chi connectivity index (χ4v) is 4.40. The number of hydrogen-bond acceptors (Lipinski definition) is 3. The molecule has 5 rings (SSSR count). The fourth-order valence-electron chi connectivity index (χ4n) is 4.40. The van der Waals surface area contributed by atoms with Crippen molar-refractivity contribution in [1.29, 1.82) is 0 Å². The Morgan fingerprint density at radius 1 is 0.900 bits per heavy atom. The summed E-state index contributed by atoms with van der Waals surface area (Å²) >= 11 is 0. The lowest BCUT2D eigenvalue weighted by molar-refractivity contribution is 0.257. The smallest absolute Gasteiger partial charge is 0.0726 e. The number of anilines is 2. The van der Waals surface area contributed by atoms with Gasteiger partial charge in [0.25, 0.3) is 0 Å². The third kappa shape index (κ3) is 4.07. The molecule has 1 aliphatic heterocycles. The minimum Gasteiger partial charge on any atom is -0.355 e. The second-order valence-corrected chi connectivity index (χ2v) is 8.20. The third-order valence-corrected chi connectivity index (χ3v) is 5.98. The first-order chi connectivity index (χ1) is 14.7. The number of pyridine rings is 1. The molecule has 150 valence electrons. The van der Waals surface area contributed by atoms with Crippen LogP contribution in [0.5, 0.6) is 0 Å². The van der Waals surface area contributed by atoms with Crippen LogP contribution in [0.3, 0.4) is 0 Å². The van der Waals surface area contributed by atoms with Crippen molar-refractivity contribution in [3.8, 4) is 0 Å². The van der Waals surface area contributed by atoms with Gasteiger partial charge in [-0.05, 0) is 60.7 Å². The van der Waals surface area contributed by atoms with E-state index in [4.69, 9.17) is 0 Å². The second kappa shape index (κ2) is 8.29. The third-order valence-electron chi connectivity index (χ3n) is 5.98. The molecule has 4 aromatic rings. The summed E-state index contributed by atoms with van der Waals surface area (Å²) in [7, 11) is 0. The highest BCUT2D eigenvalue weighted by molar-refractivity contribution is 5.93. The van der Waals surface area contributed by atoms with Crippen LogP contribution in [0.2, 0.25) is 0 Å². The van der Waals surface area contributed by atoms with E-state index in [0.717, 1.165) is 60.4 Å². The molecular weight excluding hydrogens is 366 g/mol. The van der Waals surface area contributed by atoms with E-state index < -0.39 is 0 Å². The van der Waals surface area contributed by atoms with Crippen LogP contribution < -0.4 is 5.32 Å². The maximum Gasteiger partial charge on any atom is 0.0726 e. The number of aromatic nitrogens is 1. The van der Waals surface area contributed by atoms with Crippen molar-refractivity contribution in [3.63, 3.8) is 0 Å². The van der Waals surface area contributed by atoms with Gasteiger partial charge < -0.3 is 5.32 Å². The number of aryl methyl sites for hydroxylation is 1. The molecule has 0 radical (unpaired) electrons. The van der Waals surface area contributed by atoms with Gasteiger partial charge in [0, 0.05) is 42.1 Å². The van der Waals surface area contributed by atoms with Crippen molar-refractivity contribution < 1.29 is 0 Å². The highest BCUT2D eigenvalue weighted by atomic mass is 15.1. The molecule has 3 nitrogen and oxygen atoms in total. The molecule has 0 bridgehead atoms. The van der Waals surface area contributed by atoms with Gasteiger partial charge in [-0.2, -0.15) is 0 Å². The van der Waals surface area contributed by atoms with Gasteiger partial charge >= 0.3 is 0 Å². The van der Waals surface area contributed by atoms with E-state index in [2.05, 4.69) is 88.0 Å². The Bertz CT molecular complexity index is 1180. The minimum atomic E-state index is 1.03. The molecule has 0 saturated carbocycles. The molecule has 0 aliphatic carbocycles. The highest BCUT2D eigenvalue weighted by Crippen LogP contribution is 2.27. The second-order valence-electron chi connectivity index (χ2n) is 8.20. The van der Waals surface area contributed by atoms with Crippen LogP contribution in [0.15, 0.2) is 78.9 Å². The van der Waals surface area contributed by atoms with Crippen LogP contribution in [-0.4, -0.2) is 23.0 Å². The predicted molar refractivity (Wildman–Crippen MR) is 125 cm³/mol. The quantitative estimate of drug-likeness (QED) is 0.458. The number of hydrogen-bond donors (Lipinski definition) is 1. The van der Waals surface area contributed by atoms with Crippen LogP contribution >= 0.6 is 0 Å². The molecule has 0 amide bonds. The number of benzene rings is 3. The van der Waals surface area contributed by atoms with Crippen molar-refractivity contribution in [3.05, 3.63) is 101 Å². The summed E-state index contributed by atoms with van der Waals surface area (Å²) < 4.78 is 0. The summed E-state index contributed by atoms with van der Waals surface area (Å²) in [5.41, 5.74) is 8.67. The Kier molecular flexibility index (Phi) is 5.20. The normalized spacial score (nSPS) is 13.9. The first-order valence-electron chi connectivity index (χ1n) is 10.8. The Morgan fingerprint density at radius 3 is 2.67 bits per heavy atom. The zero-order valence-corrected chi connectivity index (χ0v) is 17.4. The van der Waals surface area contributed by atoms with E-state index in [1.165, 1.54) is 16.7 Å². The molecule has 3 aromatic carbocycles. The van der Waals surface area contributed by atoms with Crippen molar-refractivity contribution in [1.82, 2.24) is 9.88 Å². The molecule has 30 heavy (non-hydrogen) atoms. The van der Waals surface area contributed by atoms with Crippen LogP contribution in [0.25, 0.3) is 10.9 Å². The molecule has 1 aliphatic rings. The molecule has 0 atom stereocenters. The van der Waals surface area contributed by atoms with Gasteiger partial charge in [-0.3, -0.25) is 9.88 Å². The average Bonchev–Trinajstić information content (AvgIpc) is 2.78.